The molecule has 2 aliphatic heterocycles. The summed E-state index contributed by atoms with van der Waals surface area (Å²) in [5.41, 5.74) is 1.95. The van der Waals surface area contributed by atoms with E-state index in [0.29, 0.717) is 23.4 Å². The minimum atomic E-state index is 0.225. The first-order chi connectivity index (χ1) is 15.5. The maximum atomic E-state index is 11.9. The zero-order valence-corrected chi connectivity index (χ0v) is 19.3. The lowest BCUT2D eigenvalue weighted by molar-refractivity contribution is -0.123. The number of ketones is 1. The maximum absolute atomic E-state index is 11.9. The molecule has 0 aromatic heterocycles. The number of nitrogens with zero attached hydrogens (tertiary/aromatic N) is 2. The summed E-state index contributed by atoms with van der Waals surface area (Å²) in [6.07, 6.45) is 9.23. The molecule has 1 aliphatic carbocycles. The molecule has 2 heterocycles. The van der Waals surface area contributed by atoms with Crippen LogP contribution in [-0.4, -0.2) is 28.9 Å². The van der Waals surface area contributed by atoms with Gasteiger partial charge in [-0.15, -0.1) is 0 Å². The fraction of sp³-hybridized carbons (Fsp3) is 0.571. The van der Waals surface area contributed by atoms with Gasteiger partial charge in [0.15, 0.2) is 0 Å². The van der Waals surface area contributed by atoms with Gasteiger partial charge in [-0.25, -0.2) is 0 Å². The number of nitriles is 1. The average molecular weight is 431 g/mol. The Morgan fingerprint density at radius 3 is 2.44 bits per heavy atom. The number of ether oxygens (including phenoxy) is 1. The van der Waals surface area contributed by atoms with Gasteiger partial charge in [-0.2, -0.15) is 5.26 Å². The number of hydrogen-bond donors (Lipinski definition) is 0. The number of carbonyl (C=O) groups is 1. The van der Waals surface area contributed by atoms with Gasteiger partial charge in [0.25, 0.3) is 0 Å². The van der Waals surface area contributed by atoms with Crippen LogP contribution in [0.2, 0.25) is 0 Å². The number of carbonyl (C=O) groups excluding carboxylic acids is 1. The van der Waals surface area contributed by atoms with Crippen LogP contribution in [0.5, 0.6) is 5.75 Å². The van der Waals surface area contributed by atoms with E-state index in [4.69, 9.17) is 4.74 Å². The lowest BCUT2D eigenvalue weighted by Crippen LogP contribution is -2.43. The Bertz CT molecular complexity index is 1030. The molecule has 4 heteroatoms. The normalized spacial score (nSPS) is 30.2. The molecule has 3 fully saturated rings. The third-order valence-electron chi connectivity index (χ3n) is 8.24. The molecule has 2 saturated heterocycles. The molecule has 0 spiro atoms. The number of Topliss-reactive ketones (excluding diaryl/α,β-unsaturated/α-hetero) is 1. The highest BCUT2D eigenvalue weighted by molar-refractivity contribution is 5.90. The van der Waals surface area contributed by atoms with E-state index in [9.17, 15) is 10.1 Å². The number of benzene rings is 2. The Morgan fingerprint density at radius 2 is 1.78 bits per heavy atom. The summed E-state index contributed by atoms with van der Waals surface area (Å²) in [6, 6.07) is 14.1. The van der Waals surface area contributed by atoms with Crippen molar-refractivity contribution in [2.24, 2.45) is 11.8 Å². The van der Waals surface area contributed by atoms with Gasteiger partial charge in [0.1, 0.15) is 23.2 Å². The zero-order valence-electron chi connectivity index (χ0n) is 19.3. The fourth-order valence-electron chi connectivity index (χ4n) is 6.27. The molecule has 0 N–H and O–H groups in total. The number of rotatable bonds is 5. The van der Waals surface area contributed by atoms with E-state index < -0.39 is 0 Å². The van der Waals surface area contributed by atoms with E-state index >= 15 is 0 Å². The van der Waals surface area contributed by atoms with Crippen LogP contribution in [0.1, 0.15) is 76.3 Å². The van der Waals surface area contributed by atoms with Crippen LogP contribution in [0, 0.1) is 23.2 Å². The van der Waals surface area contributed by atoms with Gasteiger partial charge in [-0.05, 0) is 87.3 Å². The monoisotopic (exact) mass is 430 g/mol. The van der Waals surface area contributed by atoms with Crippen LogP contribution in [0.15, 0.2) is 30.3 Å². The van der Waals surface area contributed by atoms with Crippen molar-refractivity contribution >= 4 is 16.6 Å². The topological polar surface area (TPSA) is 53.3 Å². The quantitative estimate of drug-likeness (QED) is 0.584. The Hall–Kier alpha value is -2.38. The van der Waals surface area contributed by atoms with Crippen molar-refractivity contribution in [1.82, 2.24) is 4.90 Å². The SMILES string of the molecule is CC(=O)C1CC2CCC(C1)N2Cc1ccc2c(C#N)c(OC3CCC(C)CC3)ccc2c1. The molecule has 32 heavy (non-hydrogen) atoms. The van der Waals surface area contributed by atoms with Gasteiger partial charge in [-0.3, -0.25) is 9.69 Å². The Morgan fingerprint density at radius 1 is 1.06 bits per heavy atom. The fourth-order valence-corrected chi connectivity index (χ4v) is 6.27. The smallest absolute Gasteiger partial charge is 0.138 e. The van der Waals surface area contributed by atoms with E-state index in [0.717, 1.165) is 54.7 Å². The molecule has 3 aliphatic rings. The maximum Gasteiger partial charge on any atom is 0.138 e. The molecule has 0 amide bonds. The molecule has 2 atom stereocenters. The van der Waals surface area contributed by atoms with E-state index in [1.807, 2.05) is 6.07 Å². The summed E-state index contributed by atoms with van der Waals surface area (Å²) in [5, 5.41) is 12.0. The van der Waals surface area contributed by atoms with Gasteiger partial charge in [0, 0.05) is 29.9 Å². The number of fused-ring (bicyclic) bond motifs is 3. The third-order valence-corrected chi connectivity index (χ3v) is 8.24. The summed E-state index contributed by atoms with van der Waals surface area (Å²) < 4.78 is 6.29. The van der Waals surface area contributed by atoms with Gasteiger partial charge < -0.3 is 4.74 Å². The van der Waals surface area contributed by atoms with Crippen LogP contribution in [0.3, 0.4) is 0 Å². The average Bonchev–Trinajstić information content (AvgIpc) is 3.01. The van der Waals surface area contributed by atoms with E-state index in [1.54, 1.807) is 6.92 Å². The highest BCUT2D eigenvalue weighted by atomic mass is 16.5. The van der Waals surface area contributed by atoms with Crippen molar-refractivity contribution in [3.05, 3.63) is 41.5 Å². The molecule has 2 aromatic rings. The van der Waals surface area contributed by atoms with Crippen molar-refractivity contribution in [1.29, 1.82) is 5.26 Å². The first-order valence-corrected chi connectivity index (χ1v) is 12.4. The summed E-state index contributed by atoms with van der Waals surface area (Å²) in [4.78, 5) is 14.5. The molecule has 1 saturated carbocycles. The lowest BCUT2D eigenvalue weighted by atomic mass is 9.87. The van der Waals surface area contributed by atoms with Crippen LogP contribution in [0.25, 0.3) is 10.8 Å². The van der Waals surface area contributed by atoms with E-state index in [-0.39, 0.29) is 12.0 Å². The second-order valence-electron chi connectivity index (χ2n) is 10.4. The van der Waals surface area contributed by atoms with Crippen molar-refractivity contribution in [2.45, 2.75) is 89.9 Å². The molecular weight excluding hydrogens is 396 g/mol. The van der Waals surface area contributed by atoms with Crippen molar-refractivity contribution in [3.63, 3.8) is 0 Å². The van der Waals surface area contributed by atoms with Crippen molar-refractivity contribution in [3.8, 4) is 11.8 Å². The van der Waals surface area contributed by atoms with E-state index in [1.165, 1.54) is 31.2 Å². The van der Waals surface area contributed by atoms with E-state index in [2.05, 4.69) is 42.2 Å². The van der Waals surface area contributed by atoms with Crippen LogP contribution in [0.4, 0.5) is 0 Å². The predicted octanol–water partition coefficient (Wildman–Crippen LogP) is 6.00. The largest absolute Gasteiger partial charge is 0.489 e. The molecule has 2 unspecified atom stereocenters. The van der Waals surface area contributed by atoms with Gasteiger partial charge in [-0.1, -0.05) is 25.1 Å². The third kappa shape index (κ3) is 4.16. The predicted molar refractivity (Wildman–Crippen MR) is 126 cm³/mol. The first-order valence-electron chi connectivity index (χ1n) is 12.4. The highest BCUT2D eigenvalue weighted by Gasteiger charge is 2.41. The van der Waals surface area contributed by atoms with Crippen LogP contribution in [-0.2, 0) is 11.3 Å². The molecule has 2 aromatic carbocycles. The Kier molecular flexibility index (Phi) is 5.95. The highest BCUT2D eigenvalue weighted by Crippen LogP contribution is 2.40. The van der Waals surface area contributed by atoms with Gasteiger partial charge in [0.2, 0.25) is 0 Å². The minimum absolute atomic E-state index is 0.225. The standard InChI is InChI=1S/C28H34N2O2/c1-18-3-9-25(10-4-18)32-28-12-6-21-13-20(5-11-26(21)27(28)16-29)17-30-23-7-8-24(30)15-22(14-23)19(2)31/h5-6,11-13,18,22-25H,3-4,7-10,14-15,17H2,1-2H3. The first kappa shape index (κ1) is 21.5. The molecule has 4 nitrogen and oxygen atoms in total. The minimum Gasteiger partial charge on any atom is -0.489 e. The van der Waals surface area contributed by atoms with Crippen LogP contribution >= 0.6 is 0 Å². The zero-order chi connectivity index (χ0) is 22.2. The summed E-state index contributed by atoms with van der Waals surface area (Å²) >= 11 is 0. The molecule has 2 bridgehead atoms. The second kappa shape index (κ2) is 8.87. The molecule has 168 valence electrons. The van der Waals surface area contributed by atoms with Crippen LogP contribution < -0.4 is 4.74 Å². The molecule has 5 rings (SSSR count). The van der Waals surface area contributed by atoms with Gasteiger partial charge >= 0.3 is 0 Å². The Labute approximate surface area is 191 Å². The summed E-state index contributed by atoms with van der Waals surface area (Å²) in [6.45, 7) is 4.99. The number of piperidine rings is 1. The molecular formula is C28H34N2O2. The second-order valence-corrected chi connectivity index (χ2v) is 10.4. The summed E-state index contributed by atoms with van der Waals surface area (Å²) in [7, 11) is 0. The lowest BCUT2D eigenvalue weighted by Gasteiger charge is -2.38. The van der Waals surface area contributed by atoms with Gasteiger partial charge in [0.05, 0.1) is 6.10 Å². The van der Waals surface area contributed by atoms with Crippen molar-refractivity contribution < 1.29 is 9.53 Å². The number of hydrogen-bond acceptors (Lipinski definition) is 4. The van der Waals surface area contributed by atoms with Crippen molar-refractivity contribution in [2.75, 3.05) is 0 Å². The summed E-state index contributed by atoms with van der Waals surface area (Å²) in [5.74, 6) is 2.13. The molecule has 0 radical (unpaired) electrons. The Balaban J connectivity index is 1.34.